The summed E-state index contributed by atoms with van der Waals surface area (Å²) in [5.74, 6) is -0.772. The van der Waals surface area contributed by atoms with Crippen LogP contribution in [0.3, 0.4) is 0 Å². The van der Waals surface area contributed by atoms with E-state index in [0.717, 1.165) is 5.56 Å². The predicted molar refractivity (Wildman–Crippen MR) is 105 cm³/mol. The molecule has 0 radical (unpaired) electrons. The zero-order valence-electron chi connectivity index (χ0n) is 13.8. The number of carbonyl (C=O) groups is 1. The van der Waals surface area contributed by atoms with Crippen LogP contribution < -0.4 is 0 Å². The average molecular weight is 387 g/mol. The Morgan fingerprint density at radius 2 is 2.23 bits per heavy atom. The molecule has 0 atom stereocenters. The third-order valence-electron chi connectivity index (χ3n) is 3.39. The van der Waals surface area contributed by atoms with Crippen LogP contribution in [0.5, 0.6) is 0 Å². The monoisotopic (exact) mass is 386 g/mol. The molecule has 3 rings (SSSR count). The highest BCUT2D eigenvalue weighted by Crippen LogP contribution is 2.40. The van der Waals surface area contributed by atoms with Crippen molar-refractivity contribution in [2.45, 2.75) is 6.92 Å². The Morgan fingerprint density at radius 1 is 1.38 bits per heavy atom. The van der Waals surface area contributed by atoms with E-state index in [2.05, 4.69) is 9.98 Å². The quantitative estimate of drug-likeness (QED) is 0.754. The van der Waals surface area contributed by atoms with E-state index in [9.17, 15) is 9.90 Å². The van der Waals surface area contributed by atoms with Gasteiger partial charge in [-0.1, -0.05) is 35.5 Å². The van der Waals surface area contributed by atoms with Gasteiger partial charge in [-0.25, -0.2) is 9.79 Å². The first-order valence-electron chi connectivity index (χ1n) is 7.83. The van der Waals surface area contributed by atoms with E-state index in [1.54, 1.807) is 55.7 Å². The first-order chi connectivity index (χ1) is 12.6. The molecule has 0 fully saturated rings. The van der Waals surface area contributed by atoms with Crippen LogP contribution in [0.1, 0.15) is 12.5 Å². The van der Waals surface area contributed by atoms with E-state index >= 15 is 0 Å². The lowest BCUT2D eigenvalue weighted by molar-refractivity contribution is -0.138. The van der Waals surface area contributed by atoms with Gasteiger partial charge in [-0.2, -0.15) is 0 Å². The lowest BCUT2D eigenvalue weighted by Gasteiger charge is -2.04. The Bertz CT molecular complexity index is 923. The molecule has 132 valence electrons. The third kappa shape index (κ3) is 4.15. The SMILES string of the molecule is CCOC(=O)C1=C(O)C(=Cc2cccnc2)SC1=Nc1cccc(Cl)c1. The molecule has 5 nitrogen and oxygen atoms in total. The van der Waals surface area contributed by atoms with E-state index in [1.807, 2.05) is 6.07 Å². The zero-order chi connectivity index (χ0) is 18.5. The number of rotatable bonds is 4. The molecule has 1 aliphatic rings. The molecule has 1 aromatic heterocycles. The zero-order valence-corrected chi connectivity index (χ0v) is 15.4. The normalized spacial score (nSPS) is 17.2. The predicted octanol–water partition coefficient (Wildman–Crippen LogP) is 4.93. The summed E-state index contributed by atoms with van der Waals surface area (Å²) >= 11 is 7.19. The molecule has 0 unspecified atom stereocenters. The van der Waals surface area contributed by atoms with Crippen LogP contribution in [-0.4, -0.2) is 27.7 Å². The van der Waals surface area contributed by atoms with Crippen molar-refractivity contribution in [3.63, 3.8) is 0 Å². The van der Waals surface area contributed by atoms with E-state index in [-0.39, 0.29) is 17.9 Å². The molecular formula is C19H15ClN2O3S. The summed E-state index contributed by atoms with van der Waals surface area (Å²) in [5, 5.41) is 11.5. The van der Waals surface area contributed by atoms with Gasteiger partial charge < -0.3 is 9.84 Å². The Morgan fingerprint density at radius 3 is 2.92 bits per heavy atom. The topological polar surface area (TPSA) is 71.8 Å². The highest BCUT2D eigenvalue weighted by molar-refractivity contribution is 8.18. The summed E-state index contributed by atoms with van der Waals surface area (Å²) in [7, 11) is 0. The number of halogens is 1. The second kappa shape index (κ2) is 8.21. The fourth-order valence-corrected chi connectivity index (χ4v) is 3.49. The molecule has 26 heavy (non-hydrogen) atoms. The number of aliphatic imine (C=N–C) groups is 1. The second-order valence-corrected chi connectivity index (χ2v) is 6.70. The number of aliphatic hydroxyl groups is 1. The number of hydrogen-bond donors (Lipinski definition) is 1. The van der Waals surface area contributed by atoms with Gasteiger partial charge >= 0.3 is 5.97 Å². The van der Waals surface area contributed by atoms with Crippen molar-refractivity contribution in [1.29, 1.82) is 0 Å². The Balaban J connectivity index is 2.04. The maximum atomic E-state index is 12.3. The van der Waals surface area contributed by atoms with Gasteiger partial charge in [0.05, 0.1) is 17.2 Å². The smallest absolute Gasteiger partial charge is 0.344 e. The van der Waals surface area contributed by atoms with Crippen molar-refractivity contribution < 1.29 is 14.6 Å². The molecule has 2 heterocycles. The van der Waals surface area contributed by atoms with Gasteiger partial charge in [-0.3, -0.25) is 4.98 Å². The molecule has 1 aliphatic heterocycles. The van der Waals surface area contributed by atoms with Gasteiger partial charge in [0.1, 0.15) is 16.4 Å². The lowest BCUT2D eigenvalue weighted by Crippen LogP contribution is -2.12. The second-order valence-electron chi connectivity index (χ2n) is 5.24. The van der Waals surface area contributed by atoms with E-state index < -0.39 is 5.97 Å². The number of nitrogens with zero attached hydrogens (tertiary/aromatic N) is 2. The molecule has 0 saturated heterocycles. The van der Waals surface area contributed by atoms with Crippen LogP contribution in [0.15, 0.2) is 70.0 Å². The van der Waals surface area contributed by atoms with Crippen LogP contribution in [0, 0.1) is 0 Å². The molecule has 1 N–H and O–H groups in total. The van der Waals surface area contributed by atoms with Crippen molar-refractivity contribution in [1.82, 2.24) is 4.98 Å². The number of aromatic nitrogens is 1. The number of aliphatic hydroxyl groups excluding tert-OH is 1. The Hall–Kier alpha value is -2.57. The first kappa shape index (κ1) is 18.2. The van der Waals surface area contributed by atoms with Crippen molar-refractivity contribution in [3.05, 3.63) is 75.6 Å². The number of pyridine rings is 1. The van der Waals surface area contributed by atoms with Gasteiger partial charge in [-0.15, -0.1) is 0 Å². The summed E-state index contributed by atoms with van der Waals surface area (Å²) in [6.07, 6.45) is 5.07. The lowest BCUT2D eigenvalue weighted by atomic mass is 10.2. The molecule has 0 amide bonds. The minimum Gasteiger partial charge on any atom is -0.506 e. The summed E-state index contributed by atoms with van der Waals surface area (Å²) < 4.78 is 5.07. The summed E-state index contributed by atoms with van der Waals surface area (Å²) in [5.41, 5.74) is 1.43. The fraction of sp³-hybridized carbons (Fsp3) is 0.105. The van der Waals surface area contributed by atoms with E-state index in [0.29, 0.717) is 20.7 Å². The van der Waals surface area contributed by atoms with Crippen LogP contribution in [0.25, 0.3) is 6.08 Å². The molecule has 0 aliphatic carbocycles. The maximum Gasteiger partial charge on any atom is 0.344 e. The fourth-order valence-electron chi connectivity index (χ4n) is 2.27. The van der Waals surface area contributed by atoms with Gasteiger partial charge in [0.2, 0.25) is 0 Å². The van der Waals surface area contributed by atoms with Gasteiger partial charge in [-0.05, 0) is 42.8 Å². The minimum absolute atomic E-state index is 0.0481. The summed E-state index contributed by atoms with van der Waals surface area (Å²) in [6, 6.07) is 10.6. The van der Waals surface area contributed by atoms with Crippen LogP contribution in [0.4, 0.5) is 5.69 Å². The van der Waals surface area contributed by atoms with Crippen molar-refractivity contribution in [2.75, 3.05) is 6.61 Å². The van der Waals surface area contributed by atoms with Crippen molar-refractivity contribution >= 4 is 46.1 Å². The van der Waals surface area contributed by atoms with Gasteiger partial charge in [0.25, 0.3) is 0 Å². The molecule has 7 heteroatoms. The van der Waals surface area contributed by atoms with Crippen LogP contribution >= 0.6 is 23.4 Å². The number of thioether (sulfide) groups is 1. The minimum atomic E-state index is -0.618. The molecule has 0 bridgehead atoms. The number of benzene rings is 1. The van der Waals surface area contributed by atoms with Crippen LogP contribution in [-0.2, 0) is 9.53 Å². The molecule has 1 aromatic carbocycles. The maximum absolute atomic E-state index is 12.3. The molecule has 0 spiro atoms. The highest BCUT2D eigenvalue weighted by Gasteiger charge is 2.33. The average Bonchev–Trinajstić information content (AvgIpc) is 2.91. The van der Waals surface area contributed by atoms with Crippen molar-refractivity contribution in [2.24, 2.45) is 4.99 Å². The number of ether oxygens (including phenoxy) is 1. The largest absolute Gasteiger partial charge is 0.506 e. The first-order valence-corrected chi connectivity index (χ1v) is 9.03. The van der Waals surface area contributed by atoms with Crippen molar-refractivity contribution in [3.8, 4) is 0 Å². The van der Waals surface area contributed by atoms with Gasteiger partial charge in [0, 0.05) is 17.4 Å². The molecular weight excluding hydrogens is 372 g/mol. The van der Waals surface area contributed by atoms with Gasteiger partial charge in [0.15, 0.2) is 0 Å². The molecule has 0 saturated carbocycles. The Kier molecular flexibility index (Phi) is 5.75. The Labute approximate surface area is 160 Å². The highest BCUT2D eigenvalue weighted by atomic mass is 35.5. The summed E-state index contributed by atoms with van der Waals surface area (Å²) in [6.45, 7) is 1.91. The molecule has 2 aromatic rings. The number of hydrogen-bond acceptors (Lipinski definition) is 6. The standard InChI is InChI=1S/C19H15ClN2O3S/c1-2-25-19(24)16-17(23)15(9-12-5-4-8-21-11-12)26-18(16)22-14-7-3-6-13(20)10-14/h3-11,23H,2H2,1H3. The van der Waals surface area contributed by atoms with E-state index in [1.165, 1.54) is 11.8 Å². The van der Waals surface area contributed by atoms with E-state index in [4.69, 9.17) is 16.3 Å². The number of esters is 1. The van der Waals surface area contributed by atoms with Crippen LogP contribution in [0.2, 0.25) is 5.02 Å². The number of carbonyl (C=O) groups excluding carboxylic acids is 1. The third-order valence-corrected chi connectivity index (χ3v) is 4.65. The summed E-state index contributed by atoms with van der Waals surface area (Å²) in [4.78, 5) is 21.3.